The standard InChI is InChI=1S/C21H29N5O2.ClH/c1-4-26(5-2)20(27)10-15-6-8-17(9-7-15)24-21(28)19-13-22-12-18(19)16-11-23-25(3)14-16;/h6-9,11,14,18-19,22H,4-5,10,12-13H2,1-3H3,(H,24,28);1H/t18-,19+;/m1./s1. The summed E-state index contributed by atoms with van der Waals surface area (Å²) in [5.41, 5.74) is 2.78. The lowest BCUT2D eigenvalue weighted by Gasteiger charge is -2.19. The van der Waals surface area contributed by atoms with E-state index in [1.807, 2.05) is 62.5 Å². The van der Waals surface area contributed by atoms with Crippen molar-refractivity contribution >= 4 is 29.9 Å². The summed E-state index contributed by atoms with van der Waals surface area (Å²) in [6.45, 7) is 6.83. The molecule has 2 heterocycles. The van der Waals surface area contributed by atoms with Crippen LogP contribution in [0.2, 0.25) is 0 Å². The Morgan fingerprint density at radius 3 is 2.48 bits per heavy atom. The van der Waals surface area contributed by atoms with Crippen LogP contribution in [0.3, 0.4) is 0 Å². The Kier molecular flexibility index (Phi) is 8.22. The number of hydrogen-bond donors (Lipinski definition) is 2. The summed E-state index contributed by atoms with van der Waals surface area (Å²) in [4.78, 5) is 26.8. The molecule has 1 fully saturated rings. The number of anilines is 1. The molecule has 0 bridgehead atoms. The number of rotatable bonds is 7. The summed E-state index contributed by atoms with van der Waals surface area (Å²) < 4.78 is 1.76. The van der Waals surface area contributed by atoms with Gasteiger partial charge in [0, 0.05) is 51.0 Å². The van der Waals surface area contributed by atoms with E-state index in [0.29, 0.717) is 13.0 Å². The zero-order valence-corrected chi connectivity index (χ0v) is 18.0. The molecule has 2 N–H and O–H groups in total. The highest BCUT2D eigenvalue weighted by molar-refractivity contribution is 5.93. The zero-order valence-electron chi connectivity index (χ0n) is 17.2. The highest BCUT2D eigenvalue weighted by atomic mass is 35.5. The van der Waals surface area contributed by atoms with Gasteiger partial charge in [0.1, 0.15) is 0 Å². The number of nitrogens with one attached hydrogen (secondary N) is 2. The molecule has 3 rings (SSSR count). The Hall–Kier alpha value is -2.38. The molecule has 1 aromatic heterocycles. The molecule has 2 atom stereocenters. The van der Waals surface area contributed by atoms with E-state index < -0.39 is 0 Å². The summed E-state index contributed by atoms with van der Waals surface area (Å²) in [7, 11) is 1.88. The normalized spacial score (nSPS) is 18.2. The Bertz CT molecular complexity index is 817. The summed E-state index contributed by atoms with van der Waals surface area (Å²) in [5, 5.41) is 10.5. The van der Waals surface area contributed by atoms with Gasteiger partial charge in [-0.1, -0.05) is 12.1 Å². The van der Waals surface area contributed by atoms with Crippen molar-refractivity contribution in [2.45, 2.75) is 26.2 Å². The summed E-state index contributed by atoms with van der Waals surface area (Å²) in [6.07, 6.45) is 4.19. The number of carbonyl (C=O) groups excluding carboxylic acids is 2. The van der Waals surface area contributed by atoms with Gasteiger partial charge < -0.3 is 15.5 Å². The summed E-state index contributed by atoms with van der Waals surface area (Å²) in [6, 6.07) is 7.54. The Morgan fingerprint density at radius 2 is 1.90 bits per heavy atom. The zero-order chi connectivity index (χ0) is 20.1. The van der Waals surface area contributed by atoms with E-state index in [9.17, 15) is 9.59 Å². The molecule has 7 nitrogen and oxygen atoms in total. The molecule has 0 spiro atoms. The number of nitrogens with zero attached hydrogens (tertiary/aromatic N) is 3. The molecule has 1 saturated heterocycles. The van der Waals surface area contributed by atoms with Crippen LogP contribution in [0.1, 0.15) is 30.9 Å². The second kappa shape index (κ2) is 10.4. The average Bonchev–Trinajstić information content (AvgIpc) is 3.33. The van der Waals surface area contributed by atoms with Crippen molar-refractivity contribution in [1.29, 1.82) is 0 Å². The summed E-state index contributed by atoms with van der Waals surface area (Å²) in [5.74, 6) is 0.122. The van der Waals surface area contributed by atoms with Gasteiger partial charge in [-0.3, -0.25) is 14.3 Å². The van der Waals surface area contributed by atoms with Gasteiger partial charge in [-0.05, 0) is 37.1 Å². The van der Waals surface area contributed by atoms with Crippen LogP contribution in [0.25, 0.3) is 0 Å². The predicted molar refractivity (Wildman–Crippen MR) is 116 cm³/mol. The largest absolute Gasteiger partial charge is 0.343 e. The van der Waals surface area contributed by atoms with Gasteiger partial charge in [0.25, 0.3) is 0 Å². The number of amides is 2. The predicted octanol–water partition coefficient (Wildman–Crippen LogP) is 2.19. The van der Waals surface area contributed by atoms with Crippen LogP contribution >= 0.6 is 12.4 Å². The number of likely N-dealkylation sites (N-methyl/N-ethyl adjacent to an activating group) is 1. The van der Waals surface area contributed by atoms with Gasteiger partial charge in [0.05, 0.1) is 18.5 Å². The van der Waals surface area contributed by atoms with Crippen molar-refractivity contribution in [2.24, 2.45) is 13.0 Å². The number of aryl methyl sites for hydroxylation is 1. The molecule has 0 radical (unpaired) electrons. The molecule has 2 aromatic rings. The van der Waals surface area contributed by atoms with E-state index in [0.717, 1.165) is 36.4 Å². The van der Waals surface area contributed by atoms with Crippen LogP contribution in [0.5, 0.6) is 0 Å². The maximum Gasteiger partial charge on any atom is 0.229 e. The number of benzene rings is 1. The molecule has 1 aliphatic rings. The Morgan fingerprint density at radius 1 is 1.21 bits per heavy atom. The molecule has 0 aliphatic carbocycles. The number of carbonyl (C=O) groups is 2. The lowest BCUT2D eigenvalue weighted by Crippen LogP contribution is -2.31. The molecule has 8 heteroatoms. The molecule has 1 aliphatic heterocycles. The van der Waals surface area contributed by atoms with E-state index in [2.05, 4.69) is 15.7 Å². The fourth-order valence-electron chi connectivity index (χ4n) is 3.74. The molecule has 2 amide bonds. The first-order valence-electron chi connectivity index (χ1n) is 9.88. The Labute approximate surface area is 178 Å². The minimum absolute atomic E-state index is 0. The van der Waals surface area contributed by atoms with Gasteiger partial charge >= 0.3 is 0 Å². The first kappa shape index (κ1) is 22.9. The minimum atomic E-state index is -0.131. The minimum Gasteiger partial charge on any atom is -0.343 e. The van der Waals surface area contributed by atoms with E-state index in [4.69, 9.17) is 0 Å². The molecule has 29 heavy (non-hydrogen) atoms. The first-order valence-corrected chi connectivity index (χ1v) is 9.88. The van der Waals surface area contributed by atoms with Gasteiger partial charge in [-0.2, -0.15) is 5.10 Å². The van der Waals surface area contributed by atoms with Crippen molar-refractivity contribution in [1.82, 2.24) is 20.0 Å². The van der Waals surface area contributed by atoms with Crippen LogP contribution in [-0.2, 0) is 23.1 Å². The van der Waals surface area contributed by atoms with Crippen LogP contribution in [-0.4, -0.2) is 52.7 Å². The highest BCUT2D eigenvalue weighted by Gasteiger charge is 2.34. The van der Waals surface area contributed by atoms with Crippen molar-refractivity contribution in [3.63, 3.8) is 0 Å². The highest BCUT2D eigenvalue weighted by Crippen LogP contribution is 2.29. The van der Waals surface area contributed by atoms with E-state index >= 15 is 0 Å². The number of halogens is 1. The Balaban J connectivity index is 0.00000300. The van der Waals surface area contributed by atoms with E-state index in [-0.39, 0.29) is 36.1 Å². The van der Waals surface area contributed by atoms with E-state index in [1.54, 1.807) is 4.68 Å². The van der Waals surface area contributed by atoms with Crippen LogP contribution in [0.4, 0.5) is 5.69 Å². The van der Waals surface area contributed by atoms with Crippen molar-refractivity contribution in [2.75, 3.05) is 31.5 Å². The monoisotopic (exact) mass is 419 g/mol. The lowest BCUT2D eigenvalue weighted by molar-refractivity contribution is -0.130. The van der Waals surface area contributed by atoms with Gasteiger partial charge in [0.15, 0.2) is 0 Å². The molecule has 1 aromatic carbocycles. The number of aromatic nitrogens is 2. The maximum absolute atomic E-state index is 12.8. The van der Waals surface area contributed by atoms with Gasteiger partial charge in [-0.25, -0.2) is 0 Å². The SMILES string of the molecule is CCN(CC)C(=O)Cc1ccc(NC(=O)[C@H]2CNC[C@@H]2c2cnn(C)c2)cc1.Cl. The number of hydrogen-bond acceptors (Lipinski definition) is 4. The van der Waals surface area contributed by atoms with Crippen molar-refractivity contribution < 1.29 is 9.59 Å². The lowest BCUT2D eigenvalue weighted by atomic mass is 9.90. The molecule has 158 valence electrons. The average molecular weight is 420 g/mol. The molecule has 0 saturated carbocycles. The molecule has 0 unspecified atom stereocenters. The van der Waals surface area contributed by atoms with Crippen molar-refractivity contribution in [3.8, 4) is 0 Å². The third-order valence-corrected chi connectivity index (χ3v) is 5.40. The van der Waals surface area contributed by atoms with Crippen LogP contribution in [0.15, 0.2) is 36.7 Å². The molecular weight excluding hydrogens is 390 g/mol. The fraction of sp³-hybridized carbons (Fsp3) is 0.476. The fourth-order valence-corrected chi connectivity index (χ4v) is 3.74. The second-order valence-corrected chi connectivity index (χ2v) is 7.25. The summed E-state index contributed by atoms with van der Waals surface area (Å²) >= 11 is 0. The van der Waals surface area contributed by atoms with Gasteiger partial charge in [0.2, 0.25) is 11.8 Å². The molecular formula is C21H30ClN5O2. The second-order valence-electron chi connectivity index (χ2n) is 7.25. The third kappa shape index (κ3) is 5.58. The maximum atomic E-state index is 12.8. The third-order valence-electron chi connectivity index (χ3n) is 5.40. The van der Waals surface area contributed by atoms with Gasteiger partial charge in [-0.15, -0.1) is 12.4 Å². The first-order chi connectivity index (χ1) is 13.5. The topological polar surface area (TPSA) is 79.3 Å². The smallest absolute Gasteiger partial charge is 0.229 e. The van der Waals surface area contributed by atoms with Crippen molar-refractivity contribution in [3.05, 3.63) is 47.8 Å². The quantitative estimate of drug-likeness (QED) is 0.721. The van der Waals surface area contributed by atoms with E-state index in [1.165, 1.54) is 0 Å². The van der Waals surface area contributed by atoms with Crippen LogP contribution in [0, 0.1) is 5.92 Å². The van der Waals surface area contributed by atoms with Crippen LogP contribution < -0.4 is 10.6 Å².